The minimum absolute atomic E-state index is 0.101. The highest BCUT2D eigenvalue weighted by Crippen LogP contribution is 2.23. The van der Waals surface area contributed by atoms with Gasteiger partial charge in [0.25, 0.3) is 0 Å². The predicted molar refractivity (Wildman–Crippen MR) is 68.3 cm³/mol. The summed E-state index contributed by atoms with van der Waals surface area (Å²) in [5.41, 5.74) is 1.73. The maximum absolute atomic E-state index is 6.15. The summed E-state index contributed by atoms with van der Waals surface area (Å²) in [5.74, 6) is 0.837. The summed E-state index contributed by atoms with van der Waals surface area (Å²) in [7, 11) is 1.70. The molecule has 2 heterocycles. The van der Waals surface area contributed by atoms with Crippen LogP contribution in [0.4, 0.5) is 0 Å². The second-order valence-electron chi connectivity index (χ2n) is 4.09. The molecular weight excluding hydrogens is 238 g/mol. The monoisotopic (exact) mass is 253 g/mol. The first-order valence-corrected chi connectivity index (χ1v) is 6.05. The van der Waals surface area contributed by atoms with Gasteiger partial charge in [-0.15, -0.1) is 11.6 Å². The molecule has 0 radical (unpaired) electrons. The number of halogens is 1. The second kappa shape index (κ2) is 5.02. The van der Waals surface area contributed by atoms with Gasteiger partial charge in [-0.25, -0.2) is 9.97 Å². The molecule has 2 aromatic heterocycles. The lowest BCUT2D eigenvalue weighted by Gasteiger charge is -2.14. The first-order valence-electron chi connectivity index (χ1n) is 5.61. The van der Waals surface area contributed by atoms with Crippen LogP contribution in [-0.2, 0) is 11.3 Å². The van der Waals surface area contributed by atoms with E-state index in [1.165, 1.54) is 0 Å². The van der Waals surface area contributed by atoms with Gasteiger partial charge < -0.3 is 9.30 Å². The number of alkyl halides is 1. The molecule has 0 aromatic carbocycles. The largest absolute Gasteiger partial charge is 0.380 e. The summed E-state index contributed by atoms with van der Waals surface area (Å²) in [5, 5.41) is -0.145. The van der Waals surface area contributed by atoms with Crippen LogP contribution in [0.25, 0.3) is 11.2 Å². The molecular formula is C12H16ClN3O. The van der Waals surface area contributed by atoms with Gasteiger partial charge >= 0.3 is 0 Å². The van der Waals surface area contributed by atoms with Crippen molar-refractivity contribution in [1.29, 1.82) is 0 Å². The fraction of sp³-hybridized carbons (Fsp3) is 0.500. The van der Waals surface area contributed by atoms with Crippen LogP contribution in [0.1, 0.15) is 25.0 Å². The van der Waals surface area contributed by atoms with Crippen molar-refractivity contribution in [1.82, 2.24) is 14.5 Å². The Kier molecular flexibility index (Phi) is 3.64. The molecule has 2 atom stereocenters. The molecule has 0 amide bonds. The molecule has 0 saturated heterocycles. The Labute approximate surface area is 106 Å². The minimum Gasteiger partial charge on any atom is -0.380 e. The minimum atomic E-state index is -0.145. The van der Waals surface area contributed by atoms with Crippen molar-refractivity contribution in [3.63, 3.8) is 0 Å². The quantitative estimate of drug-likeness (QED) is 0.787. The van der Waals surface area contributed by atoms with Crippen LogP contribution in [0.2, 0.25) is 0 Å². The van der Waals surface area contributed by atoms with Crippen molar-refractivity contribution in [2.24, 2.45) is 0 Å². The number of ether oxygens (including phenoxy) is 1. The molecule has 0 N–H and O–H groups in total. The summed E-state index contributed by atoms with van der Waals surface area (Å²) in [4.78, 5) is 8.87. The summed E-state index contributed by atoms with van der Waals surface area (Å²) in [6.07, 6.45) is 1.87. The number of pyridine rings is 1. The standard InChI is InChI=1S/C12H16ClN3O/c1-8(17-3)7-16-11(9(2)13)15-10-5-4-6-14-12(10)16/h4-6,8-9H,7H2,1-3H3. The molecule has 0 bridgehead atoms. The highest BCUT2D eigenvalue weighted by molar-refractivity contribution is 6.20. The highest BCUT2D eigenvalue weighted by Gasteiger charge is 2.17. The van der Waals surface area contributed by atoms with E-state index in [-0.39, 0.29) is 11.5 Å². The molecule has 2 rings (SSSR count). The smallest absolute Gasteiger partial charge is 0.160 e. The number of fused-ring (bicyclic) bond motifs is 1. The zero-order chi connectivity index (χ0) is 12.4. The molecule has 0 aliphatic heterocycles. The average molecular weight is 254 g/mol. The van der Waals surface area contributed by atoms with Gasteiger partial charge in [0.1, 0.15) is 11.3 Å². The number of nitrogens with zero attached hydrogens (tertiary/aromatic N) is 3. The van der Waals surface area contributed by atoms with E-state index < -0.39 is 0 Å². The van der Waals surface area contributed by atoms with Gasteiger partial charge in [0.15, 0.2) is 5.65 Å². The average Bonchev–Trinajstić information content (AvgIpc) is 2.68. The topological polar surface area (TPSA) is 39.9 Å². The van der Waals surface area contributed by atoms with Crippen LogP contribution in [-0.4, -0.2) is 27.7 Å². The molecule has 0 aliphatic rings. The molecule has 0 aliphatic carbocycles. The van der Waals surface area contributed by atoms with Crippen molar-refractivity contribution in [2.45, 2.75) is 31.9 Å². The van der Waals surface area contributed by atoms with Gasteiger partial charge in [-0.05, 0) is 26.0 Å². The number of imidazole rings is 1. The fourth-order valence-electron chi connectivity index (χ4n) is 1.79. The maximum atomic E-state index is 6.15. The summed E-state index contributed by atoms with van der Waals surface area (Å²) in [6, 6.07) is 3.82. The van der Waals surface area contributed by atoms with E-state index in [0.29, 0.717) is 6.54 Å². The fourth-order valence-corrected chi connectivity index (χ4v) is 1.96. The third kappa shape index (κ3) is 2.42. The number of methoxy groups -OCH3 is 1. The van der Waals surface area contributed by atoms with E-state index in [1.807, 2.05) is 30.5 Å². The molecule has 0 fully saturated rings. The molecule has 0 saturated carbocycles. The van der Waals surface area contributed by atoms with Crippen molar-refractivity contribution in [3.8, 4) is 0 Å². The predicted octanol–water partition coefficient (Wildman–Crippen LogP) is 2.77. The molecule has 5 heteroatoms. The van der Waals surface area contributed by atoms with E-state index in [9.17, 15) is 0 Å². The van der Waals surface area contributed by atoms with Crippen molar-refractivity contribution in [2.75, 3.05) is 7.11 Å². The van der Waals surface area contributed by atoms with Gasteiger partial charge in [0.05, 0.1) is 18.0 Å². The lowest BCUT2D eigenvalue weighted by atomic mass is 10.3. The van der Waals surface area contributed by atoms with Crippen molar-refractivity contribution in [3.05, 3.63) is 24.2 Å². The first-order chi connectivity index (χ1) is 8.13. The summed E-state index contributed by atoms with van der Waals surface area (Å²) in [6.45, 7) is 4.63. The van der Waals surface area contributed by atoms with Crippen molar-refractivity contribution >= 4 is 22.8 Å². The maximum Gasteiger partial charge on any atom is 0.160 e. The number of rotatable bonds is 4. The summed E-state index contributed by atoms with van der Waals surface area (Å²) < 4.78 is 7.32. The zero-order valence-electron chi connectivity index (χ0n) is 10.2. The summed E-state index contributed by atoms with van der Waals surface area (Å²) >= 11 is 6.15. The van der Waals surface area contributed by atoms with Crippen LogP contribution in [0, 0.1) is 0 Å². The van der Waals surface area contributed by atoms with Gasteiger partial charge in [-0.3, -0.25) is 0 Å². The molecule has 0 spiro atoms. The molecule has 2 unspecified atom stereocenters. The van der Waals surface area contributed by atoms with Crippen LogP contribution in [0.15, 0.2) is 18.3 Å². The van der Waals surface area contributed by atoms with Gasteiger partial charge in [0.2, 0.25) is 0 Å². The lowest BCUT2D eigenvalue weighted by Crippen LogP contribution is -2.17. The lowest BCUT2D eigenvalue weighted by molar-refractivity contribution is 0.103. The van der Waals surface area contributed by atoms with E-state index in [4.69, 9.17) is 16.3 Å². The number of hydrogen-bond donors (Lipinski definition) is 0. The molecule has 4 nitrogen and oxygen atoms in total. The Hall–Kier alpha value is -1.13. The number of hydrogen-bond acceptors (Lipinski definition) is 3. The Morgan fingerprint density at radius 1 is 1.47 bits per heavy atom. The third-order valence-corrected chi connectivity index (χ3v) is 2.93. The molecule has 92 valence electrons. The van der Waals surface area contributed by atoms with E-state index in [1.54, 1.807) is 13.3 Å². The van der Waals surface area contributed by atoms with Crippen LogP contribution < -0.4 is 0 Å². The van der Waals surface area contributed by atoms with E-state index in [0.717, 1.165) is 17.0 Å². The Morgan fingerprint density at radius 3 is 2.88 bits per heavy atom. The zero-order valence-corrected chi connectivity index (χ0v) is 11.0. The van der Waals surface area contributed by atoms with Crippen molar-refractivity contribution < 1.29 is 4.74 Å². The van der Waals surface area contributed by atoms with Crippen LogP contribution >= 0.6 is 11.6 Å². The molecule has 17 heavy (non-hydrogen) atoms. The highest BCUT2D eigenvalue weighted by atomic mass is 35.5. The Balaban J connectivity index is 2.52. The van der Waals surface area contributed by atoms with Gasteiger partial charge in [-0.1, -0.05) is 0 Å². The van der Waals surface area contributed by atoms with E-state index in [2.05, 4.69) is 9.97 Å². The van der Waals surface area contributed by atoms with Crippen LogP contribution in [0.3, 0.4) is 0 Å². The van der Waals surface area contributed by atoms with Gasteiger partial charge in [-0.2, -0.15) is 0 Å². The van der Waals surface area contributed by atoms with Gasteiger partial charge in [0, 0.05) is 13.3 Å². The first kappa shape index (κ1) is 12.3. The van der Waals surface area contributed by atoms with E-state index >= 15 is 0 Å². The Morgan fingerprint density at radius 2 is 2.24 bits per heavy atom. The van der Waals surface area contributed by atoms with Crippen LogP contribution in [0.5, 0.6) is 0 Å². The Bertz CT molecular complexity index is 509. The SMILES string of the molecule is COC(C)Cn1c(C(C)Cl)nc2cccnc21. The number of aromatic nitrogens is 3. The molecule has 2 aromatic rings. The second-order valence-corrected chi connectivity index (χ2v) is 4.74. The normalized spacial score (nSPS) is 15.1. The third-order valence-electron chi connectivity index (χ3n) is 2.73.